The smallest absolute Gasteiger partial charge is 0.160 e. The van der Waals surface area contributed by atoms with Crippen LogP contribution in [0.2, 0.25) is 0 Å². The highest BCUT2D eigenvalue weighted by Crippen LogP contribution is 2.32. The van der Waals surface area contributed by atoms with Gasteiger partial charge in [0.25, 0.3) is 0 Å². The molecule has 3 heteroatoms. The Labute approximate surface area is 95.3 Å². The molecule has 1 aliphatic heterocycles. The number of hydrogen-bond acceptors (Lipinski definition) is 3. The van der Waals surface area contributed by atoms with E-state index < -0.39 is 0 Å². The fraction of sp³-hybridized carbons (Fsp3) is 0.385. The van der Waals surface area contributed by atoms with Crippen LogP contribution in [0.15, 0.2) is 29.8 Å². The Hall–Kier alpha value is -1.48. The van der Waals surface area contributed by atoms with Crippen molar-refractivity contribution < 1.29 is 14.6 Å². The Kier molecular flexibility index (Phi) is 3.15. The van der Waals surface area contributed by atoms with Gasteiger partial charge in [0.05, 0.1) is 13.7 Å². The van der Waals surface area contributed by atoms with E-state index in [1.807, 2.05) is 12.1 Å². The van der Waals surface area contributed by atoms with Crippen molar-refractivity contribution in [3.8, 4) is 11.5 Å². The lowest BCUT2D eigenvalue weighted by molar-refractivity contribution is 0.0767. The summed E-state index contributed by atoms with van der Waals surface area (Å²) < 4.78 is 10.7. The number of phenolic OH excluding ortho intramolecular Hbond substituents is 1. The van der Waals surface area contributed by atoms with E-state index >= 15 is 0 Å². The van der Waals surface area contributed by atoms with Crippen molar-refractivity contribution in [1.29, 1.82) is 0 Å². The Morgan fingerprint density at radius 2 is 2.25 bits per heavy atom. The number of phenols is 1. The molecule has 1 N–H and O–H groups in total. The molecule has 0 spiro atoms. The number of hydrogen-bond donors (Lipinski definition) is 1. The predicted molar refractivity (Wildman–Crippen MR) is 61.7 cm³/mol. The van der Waals surface area contributed by atoms with Gasteiger partial charge in [-0.25, -0.2) is 0 Å². The molecule has 1 unspecified atom stereocenters. The van der Waals surface area contributed by atoms with Crippen molar-refractivity contribution in [2.24, 2.45) is 0 Å². The quantitative estimate of drug-likeness (QED) is 0.779. The zero-order valence-corrected chi connectivity index (χ0v) is 9.56. The lowest BCUT2D eigenvalue weighted by Gasteiger charge is -2.21. The van der Waals surface area contributed by atoms with E-state index in [1.54, 1.807) is 13.2 Å². The van der Waals surface area contributed by atoms with Crippen LogP contribution in [0.4, 0.5) is 0 Å². The summed E-state index contributed by atoms with van der Waals surface area (Å²) in [5.41, 5.74) is 2.34. The van der Waals surface area contributed by atoms with Crippen molar-refractivity contribution in [3.05, 3.63) is 35.4 Å². The van der Waals surface area contributed by atoms with Crippen LogP contribution in [-0.4, -0.2) is 18.8 Å². The van der Waals surface area contributed by atoms with Crippen molar-refractivity contribution in [1.82, 2.24) is 0 Å². The van der Waals surface area contributed by atoms with Crippen LogP contribution >= 0.6 is 0 Å². The third-order valence-corrected chi connectivity index (χ3v) is 2.76. The van der Waals surface area contributed by atoms with Crippen molar-refractivity contribution in [3.63, 3.8) is 0 Å². The third-order valence-electron chi connectivity index (χ3n) is 2.76. The lowest BCUT2D eigenvalue weighted by atomic mass is 10.0. The Morgan fingerprint density at radius 1 is 1.44 bits per heavy atom. The van der Waals surface area contributed by atoms with Crippen LogP contribution in [0, 0.1) is 0 Å². The van der Waals surface area contributed by atoms with Gasteiger partial charge in [-0.2, -0.15) is 0 Å². The summed E-state index contributed by atoms with van der Waals surface area (Å²) in [6.45, 7) is 2.85. The second-order valence-corrected chi connectivity index (χ2v) is 3.99. The second-order valence-electron chi connectivity index (χ2n) is 3.99. The molecular formula is C13H16O3. The van der Waals surface area contributed by atoms with Gasteiger partial charge in [-0.15, -0.1) is 0 Å². The summed E-state index contributed by atoms with van der Waals surface area (Å²) in [5.74, 6) is 0.639. The Bertz CT molecular complexity index is 410. The molecule has 0 radical (unpaired) electrons. The molecule has 0 aromatic heterocycles. The number of aromatic hydroxyl groups is 1. The summed E-state index contributed by atoms with van der Waals surface area (Å²) in [6.07, 6.45) is 3.07. The molecule has 0 fully saturated rings. The first kappa shape index (κ1) is 11.0. The molecule has 0 aliphatic carbocycles. The van der Waals surface area contributed by atoms with Crippen molar-refractivity contribution >= 4 is 0 Å². The molecular weight excluding hydrogens is 204 g/mol. The molecule has 0 saturated carbocycles. The SMILES string of the molecule is COc1cc(C2C=C(C)CCO2)ccc1O. The first-order valence-electron chi connectivity index (χ1n) is 5.36. The van der Waals surface area contributed by atoms with Gasteiger partial charge in [-0.3, -0.25) is 0 Å². The summed E-state index contributed by atoms with van der Waals surface area (Å²) >= 11 is 0. The number of rotatable bonds is 2. The lowest BCUT2D eigenvalue weighted by Crippen LogP contribution is -2.09. The summed E-state index contributed by atoms with van der Waals surface area (Å²) in [6, 6.07) is 5.31. The van der Waals surface area contributed by atoms with E-state index in [0.717, 1.165) is 18.6 Å². The molecule has 1 atom stereocenters. The molecule has 0 saturated heterocycles. The average Bonchev–Trinajstić information content (AvgIpc) is 2.29. The van der Waals surface area contributed by atoms with Gasteiger partial charge >= 0.3 is 0 Å². The highest BCUT2D eigenvalue weighted by molar-refractivity contribution is 5.43. The molecule has 1 aromatic carbocycles. The van der Waals surface area contributed by atoms with Crippen molar-refractivity contribution in [2.75, 3.05) is 13.7 Å². The molecule has 16 heavy (non-hydrogen) atoms. The number of methoxy groups -OCH3 is 1. The first-order chi connectivity index (χ1) is 7.70. The maximum atomic E-state index is 9.50. The van der Waals surface area contributed by atoms with Crippen LogP contribution in [0.25, 0.3) is 0 Å². The molecule has 1 aromatic rings. The molecule has 2 rings (SSSR count). The van der Waals surface area contributed by atoms with Gasteiger partial charge in [-0.05, 0) is 31.0 Å². The third kappa shape index (κ3) is 2.19. The minimum Gasteiger partial charge on any atom is -0.504 e. The standard InChI is InChI=1S/C13H16O3/c1-9-5-6-16-12(7-9)10-3-4-11(14)13(8-10)15-2/h3-4,7-8,12,14H,5-6H2,1-2H3. The van der Waals surface area contributed by atoms with E-state index in [-0.39, 0.29) is 11.9 Å². The zero-order chi connectivity index (χ0) is 11.5. The number of ether oxygens (including phenoxy) is 2. The van der Waals surface area contributed by atoms with E-state index in [9.17, 15) is 5.11 Å². The van der Waals surface area contributed by atoms with Crippen LogP contribution in [0.1, 0.15) is 25.0 Å². The largest absolute Gasteiger partial charge is 0.504 e. The maximum Gasteiger partial charge on any atom is 0.160 e. The summed E-state index contributed by atoms with van der Waals surface area (Å²) in [4.78, 5) is 0. The second kappa shape index (κ2) is 4.58. The van der Waals surface area contributed by atoms with Gasteiger partial charge in [-0.1, -0.05) is 17.7 Å². The van der Waals surface area contributed by atoms with Gasteiger partial charge < -0.3 is 14.6 Å². The van der Waals surface area contributed by atoms with Gasteiger partial charge in [0, 0.05) is 0 Å². The first-order valence-corrected chi connectivity index (χ1v) is 5.36. The van der Waals surface area contributed by atoms with E-state index in [4.69, 9.17) is 9.47 Å². The minimum atomic E-state index is -0.0248. The van der Waals surface area contributed by atoms with Gasteiger partial charge in [0.2, 0.25) is 0 Å². The fourth-order valence-electron chi connectivity index (χ4n) is 1.80. The van der Waals surface area contributed by atoms with Crippen LogP contribution in [-0.2, 0) is 4.74 Å². The molecule has 3 nitrogen and oxygen atoms in total. The summed E-state index contributed by atoms with van der Waals surface area (Å²) in [7, 11) is 1.54. The average molecular weight is 220 g/mol. The van der Waals surface area contributed by atoms with Gasteiger partial charge in [0.1, 0.15) is 6.10 Å². The molecule has 0 bridgehead atoms. The molecule has 0 amide bonds. The topological polar surface area (TPSA) is 38.7 Å². The van der Waals surface area contributed by atoms with E-state index in [2.05, 4.69) is 13.0 Å². The fourth-order valence-corrected chi connectivity index (χ4v) is 1.80. The molecule has 1 aliphatic rings. The van der Waals surface area contributed by atoms with Crippen LogP contribution in [0.5, 0.6) is 11.5 Å². The highest BCUT2D eigenvalue weighted by atomic mass is 16.5. The van der Waals surface area contributed by atoms with E-state index in [1.165, 1.54) is 5.57 Å². The Balaban J connectivity index is 2.30. The summed E-state index contributed by atoms with van der Waals surface area (Å²) in [5, 5.41) is 9.50. The normalized spacial score (nSPS) is 20.4. The zero-order valence-electron chi connectivity index (χ0n) is 9.56. The van der Waals surface area contributed by atoms with Gasteiger partial charge in [0.15, 0.2) is 11.5 Å². The minimum absolute atomic E-state index is 0.0248. The van der Waals surface area contributed by atoms with Crippen LogP contribution in [0.3, 0.4) is 0 Å². The van der Waals surface area contributed by atoms with E-state index in [0.29, 0.717) is 5.75 Å². The molecule has 86 valence electrons. The van der Waals surface area contributed by atoms with Crippen LogP contribution < -0.4 is 4.74 Å². The predicted octanol–water partition coefficient (Wildman–Crippen LogP) is 2.81. The Morgan fingerprint density at radius 3 is 2.94 bits per heavy atom. The highest BCUT2D eigenvalue weighted by Gasteiger charge is 2.15. The maximum absolute atomic E-state index is 9.50. The van der Waals surface area contributed by atoms with Crippen molar-refractivity contribution in [2.45, 2.75) is 19.4 Å². The molecule has 1 heterocycles. The monoisotopic (exact) mass is 220 g/mol. The number of benzene rings is 1.